The molecule has 0 saturated carbocycles. The van der Waals surface area contributed by atoms with Gasteiger partial charge in [-0.25, -0.2) is 0 Å². The van der Waals surface area contributed by atoms with Crippen molar-refractivity contribution in [2.24, 2.45) is 0 Å². The molecule has 3 rings (SSSR count). The lowest BCUT2D eigenvalue weighted by Crippen LogP contribution is -2.42. The number of nitrogens with zero attached hydrogens (tertiary/aromatic N) is 2. The van der Waals surface area contributed by atoms with Gasteiger partial charge in [-0.3, -0.25) is 19.7 Å². The van der Waals surface area contributed by atoms with E-state index >= 15 is 0 Å². The van der Waals surface area contributed by atoms with Gasteiger partial charge in [-0.15, -0.1) is 6.42 Å². The first-order chi connectivity index (χ1) is 12.9. The number of fused-ring (bicyclic) bond motifs is 1. The SMILES string of the molecule is C#CC(C)(C)NC(=O)c1cc(NC(=O)Cc2ccc3cn[nH]c3c2)ccn1. The average Bonchev–Trinajstić information content (AvgIpc) is 3.09. The number of hydrogen-bond acceptors (Lipinski definition) is 4. The summed E-state index contributed by atoms with van der Waals surface area (Å²) in [4.78, 5) is 28.6. The lowest BCUT2D eigenvalue weighted by atomic mass is 10.1. The molecule has 27 heavy (non-hydrogen) atoms. The molecule has 0 aliphatic heterocycles. The number of aromatic amines is 1. The maximum absolute atomic E-state index is 12.3. The zero-order chi connectivity index (χ0) is 19.4. The van der Waals surface area contributed by atoms with Crippen LogP contribution in [0.1, 0.15) is 29.9 Å². The van der Waals surface area contributed by atoms with Gasteiger partial charge in [0.2, 0.25) is 5.91 Å². The highest BCUT2D eigenvalue weighted by atomic mass is 16.2. The van der Waals surface area contributed by atoms with Gasteiger partial charge in [0.25, 0.3) is 5.91 Å². The zero-order valence-corrected chi connectivity index (χ0v) is 15.0. The summed E-state index contributed by atoms with van der Waals surface area (Å²) < 4.78 is 0. The highest BCUT2D eigenvalue weighted by Gasteiger charge is 2.19. The predicted octanol–water partition coefficient (Wildman–Crippen LogP) is 2.28. The van der Waals surface area contributed by atoms with Gasteiger partial charge in [-0.1, -0.05) is 18.1 Å². The van der Waals surface area contributed by atoms with Gasteiger partial charge in [0.15, 0.2) is 0 Å². The van der Waals surface area contributed by atoms with Crippen molar-refractivity contribution >= 4 is 28.4 Å². The number of anilines is 1. The number of amides is 2. The van der Waals surface area contributed by atoms with Crippen molar-refractivity contribution in [3.63, 3.8) is 0 Å². The fourth-order valence-corrected chi connectivity index (χ4v) is 2.50. The van der Waals surface area contributed by atoms with Gasteiger partial charge in [0.1, 0.15) is 5.69 Å². The lowest BCUT2D eigenvalue weighted by Gasteiger charge is -2.19. The minimum absolute atomic E-state index is 0.176. The Hall–Kier alpha value is -3.66. The molecule has 0 aliphatic carbocycles. The standard InChI is InChI=1S/C20H19N5O2/c1-4-20(2,3)24-19(27)17-11-15(7-8-21-17)23-18(26)10-13-5-6-14-12-22-25-16(14)9-13/h1,5-9,11-12H,10H2,2-3H3,(H,22,25)(H,24,27)(H,21,23,26). The highest BCUT2D eigenvalue weighted by Crippen LogP contribution is 2.15. The van der Waals surface area contributed by atoms with E-state index in [2.05, 4.69) is 31.7 Å². The number of benzene rings is 1. The van der Waals surface area contributed by atoms with Crippen LogP contribution in [0.4, 0.5) is 5.69 Å². The van der Waals surface area contributed by atoms with Crippen LogP contribution in [0, 0.1) is 12.3 Å². The van der Waals surface area contributed by atoms with E-state index in [-0.39, 0.29) is 18.0 Å². The minimum atomic E-state index is -0.788. The quantitative estimate of drug-likeness (QED) is 0.607. The maximum Gasteiger partial charge on any atom is 0.271 e. The Labute approximate surface area is 156 Å². The number of hydrogen-bond donors (Lipinski definition) is 3. The predicted molar refractivity (Wildman–Crippen MR) is 103 cm³/mol. The van der Waals surface area contributed by atoms with E-state index in [1.54, 1.807) is 26.1 Å². The molecule has 0 radical (unpaired) electrons. The number of pyridine rings is 1. The molecule has 0 bridgehead atoms. The molecule has 3 N–H and O–H groups in total. The molecule has 0 fully saturated rings. The van der Waals surface area contributed by atoms with Crippen LogP contribution in [0.2, 0.25) is 0 Å². The second-order valence-electron chi connectivity index (χ2n) is 6.67. The monoisotopic (exact) mass is 361 g/mol. The summed E-state index contributed by atoms with van der Waals surface area (Å²) in [5, 5.41) is 13.3. The van der Waals surface area contributed by atoms with Gasteiger partial charge in [-0.05, 0) is 37.6 Å². The highest BCUT2D eigenvalue weighted by molar-refractivity contribution is 5.96. The van der Waals surface area contributed by atoms with E-state index < -0.39 is 11.4 Å². The van der Waals surface area contributed by atoms with Crippen molar-refractivity contribution in [3.05, 3.63) is 54.0 Å². The van der Waals surface area contributed by atoms with Crippen LogP contribution in [0.5, 0.6) is 0 Å². The molecule has 0 aliphatic rings. The van der Waals surface area contributed by atoms with Crippen LogP contribution in [0.15, 0.2) is 42.7 Å². The Morgan fingerprint density at radius 3 is 2.85 bits per heavy atom. The summed E-state index contributed by atoms with van der Waals surface area (Å²) in [6.07, 6.45) is 8.77. The molecule has 1 aromatic carbocycles. The van der Waals surface area contributed by atoms with Crippen LogP contribution in [0.25, 0.3) is 10.9 Å². The minimum Gasteiger partial charge on any atom is -0.335 e. The number of aromatic nitrogens is 3. The van der Waals surface area contributed by atoms with Gasteiger partial charge in [0, 0.05) is 17.3 Å². The summed E-state index contributed by atoms with van der Waals surface area (Å²) in [5.41, 5.74) is 1.60. The van der Waals surface area contributed by atoms with Crippen LogP contribution < -0.4 is 10.6 Å². The Balaban J connectivity index is 1.67. The number of carbonyl (C=O) groups excluding carboxylic acids is 2. The Morgan fingerprint density at radius 2 is 2.07 bits per heavy atom. The molecular weight excluding hydrogens is 342 g/mol. The largest absolute Gasteiger partial charge is 0.335 e. The first-order valence-corrected chi connectivity index (χ1v) is 8.34. The molecule has 0 spiro atoms. The van der Waals surface area contributed by atoms with Crippen molar-refractivity contribution in [3.8, 4) is 12.3 Å². The Kier molecular flexibility index (Phi) is 4.90. The number of carbonyl (C=O) groups is 2. The molecule has 7 nitrogen and oxygen atoms in total. The van der Waals surface area contributed by atoms with E-state index in [1.165, 1.54) is 12.3 Å². The average molecular weight is 361 g/mol. The molecule has 136 valence electrons. The lowest BCUT2D eigenvalue weighted by molar-refractivity contribution is -0.115. The number of rotatable bonds is 5. The summed E-state index contributed by atoms with van der Waals surface area (Å²) in [6, 6.07) is 8.81. The molecule has 2 heterocycles. The molecule has 2 aromatic heterocycles. The summed E-state index contributed by atoms with van der Waals surface area (Å²) in [6.45, 7) is 3.43. The Morgan fingerprint density at radius 1 is 1.26 bits per heavy atom. The van der Waals surface area contributed by atoms with Gasteiger partial charge in [0.05, 0.1) is 23.7 Å². The second kappa shape index (κ2) is 7.30. The molecule has 3 aromatic rings. The maximum atomic E-state index is 12.3. The van der Waals surface area contributed by atoms with Crippen LogP contribution in [-0.2, 0) is 11.2 Å². The van der Waals surface area contributed by atoms with E-state index in [9.17, 15) is 9.59 Å². The van der Waals surface area contributed by atoms with Crippen LogP contribution in [-0.4, -0.2) is 32.5 Å². The number of nitrogens with one attached hydrogen (secondary N) is 3. The summed E-state index contributed by atoms with van der Waals surface area (Å²) in [7, 11) is 0. The first kappa shape index (κ1) is 18.1. The fourth-order valence-electron chi connectivity index (χ4n) is 2.50. The van der Waals surface area contributed by atoms with Crippen molar-refractivity contribution in [2.45, 2.75) is 25.8 Å². The third kappa shape index (κ3) is 4.50. The van der Waals surface area contributed by atoms with Crippen LogP contribution in [0.3, 0.4) is 0 Å². The molecular formula is C20H19N5O2. The smallest absolute Gasteiger partial charge is 0.271 e. The Bertz CT molecular complexity index is 1050. The number of terminal acetylenes is 1. The molecule has 0 saturated heterocycles. The van der Waals surface area contributed by atoms with Gasteiger partial charge in [-0.2, -0.15) is 5.10 Å². The van der Waals surface area contributed by atoms with Gasteiger partial charge < -0.3 is 10.6 Å². The van der Waals surface area contributed by atoms with E-state index in [0.29, 0.717) is 5.69 Å². The molecule has 7 heteroatoms. The first-order valence-electron chi connectivity index (χ1n) is 8.34. The van der Waals surface area contributed by atoms with Crippen molar-refractivity contribution in [2.75, 3.05) is 5.32 Å². The normalized spacial score (nSPS) is 11.0. The third-order valence-corrected chi connectivity index (χ3v) is 3.93. The van der Waals surface area contributed by atoms with Crippen molar-refractivity contribution in [1.29, 1.82) is 0 Å². The van der Waals surface area contributed by atoms with E-state index in [0.717, 1.165) is 16.5 Å². The molecule has 2 amide bonds. The van der Waals surface area contributed by atoms with Crippen molar-refractivity contribution < 1.29 is 9.59 Å². The topological polar surface area (TPSA) is 99.8 Å². The molecule has 0 unspecified atom stereocenters. The fraction of sp³-hybridized carbons (Fsp3) is 0.200. The van der Waals surface area contributed by atoms with Gasteiger partial charge >= 0.3 is 0 Å². The molecule has 0 atom stereocenters. The van der Waals surface area contributed by atoms with E-state index in [1.807, 2.05) is 18.2 Å². The number of H-pyrrole nitrogens is 1. The zero-order valence-electron chi connectivity index (χ0n) is 15.0. The van der Waals surface area contributed by atoms with E-state index in [4.69, 9.17) is 6.42 Å². The second-order valence-corrected chi connectivity index (χ2v) is 6.67. The van der Waals surface area contributed by atoms with Crippen LogP contribution >= 0.6 is 0 Å². The summed E-state index contributed by atoms with van der Waals surface area (Å²) >= 11 is 0. The summed E-state index contributed by atoms with van der Waals surface area (Å²) in [5.74, 6) is 1.89. The third-order valence-electron chi connectivity index (χ3n) is 3.93. The van der Waals surface area contributed by atoms with Crippen molar-refractivity contribution in [1.82, 2.24) is 20.5 Å².